The van der Waals surface area contributed by atoms with E-state index in [1.165, 1.54) is 33.3 Å². The zero-order valence-corrected chi connectivity index (χ0v) is 15.4. The Morgan fingerprint density at radius 2 is 1.81 bits per heavy atom. The van der Waals surface area contributed by atoms with Crippen molar-refractivity contribution < 1.29 is 32.6 Å². The van der Waals surface area contributed by atoms with Gasteiger partial charge in [-0.25, -0.2) is 13.6 Å². The molecule has 0 aliphatic heterocycles. The molecule has 0 aliphatic rings. The second-order valence-corrected chi connectivity index (χ2v) is 5.76. The number of nitrogens with one attached hydrogen (secondary N) is 1. The lowest BCUT2D eigenvalue weighted by Crippen LogP contribution is -2.30. The van der Waals surface area contributed by atoms with Crippen molar-refractivity contribution in [2.24, 2.45) is 0 Å². The van der Waals surface area contributed by atoms with E-state index >= 15 is 0 Å². The fourth-order valence-electron chi connectivity index (χ4n) is 2.15. The average Bonchev–Trinajstić information content (AvgIpc) is 2.63. The van der Waals surface area contributed by atoms with Crippen molar-refractivity contribution in [1.82, 2.24) is 0 Å². The molecule has 0 radical (unpaired) electrons. The van der Waals surface area contributed by atoms with Crippen LogP contribution in [0.2, 0.25) is 5.02 Å². The molecule has 144 valence electrons. The van der Waals surface area contributed by atoms with Crippen LogP contribution < -0.4 is 14.8 Å². The van der Waals surface area contributed by atoms with Gasteiger partial charge in [0.1, 0.15) is 11.6 Å². The van der Waals surface area contributed by atoms with E-state index in [-0.39, 0.29) is 27.8 Å². The van der Waals surface area contributed by atoms with Gasteiger partial charge in [-0.05, 0) is 31.2 Å². The van der Waals surface area contributed by atoms with Gasteiger partial charge in [0.25, 0.3) is 5.91 Å². The number of rotatable bonds is 6. The molecule has 0 heterocycles. The standard InChI is InChI=1S/C18H16ClF2NO5/c1-9(17(23)22-14-8-11(20)4-5-13(14)21)27-18(24)10-6-12(19)16(26-3)15(7-10)25-2/h4-9H,1-3H3,(H,22,23)/t9-/m1/s1. The molecule has 0 saturated carbocycles. The molecular weight excluding hydrogens is 384 g/mol. The van der Waals surface area contributed by atoms with Crippen molar-refractivity contribution in [2.45, 2.75) is 13.0 Å². The Hall–Kier alpha value is -2.87. The molecule has 1 amide bonds. The second kappa shape index (κ2) is 8.68. The quantitative estimate of drug-likeness (QED) is 0.747. The summed E-state index contributed by atoms with van der Waals surface area (Å²) in [5.74, 6) is -2.80. The topological polar surface area (TPSA) is 73.9 Å². The van der Waals surface area contributed by atoms with E-state index in [9.17, 15) is 18.4 Å². The molecule has 0 unspecified atom stereocenters. The molecule has 0 bridgehead atoms. The van der Waals surface area contributed by atoms with Crippen LogP contribution in [0.25, 0.3) is 0 Å². The number of anilines is 1. The number of benzene rings is 2. The number of ether oxygens (including phenoxy) is 3. The summed E-state index contributed by atoms with van der Waals surface area (Å²) in [4.78, 5) is 24.3. The van der Waals surface area contributed by atoms with E-state index < -0.39 is 29.6 Å². The summed E-state index contributed by atoms with van der Waals surface area (Å²) in [6.07, 6.45) is -1.29. The number of amides is 1. The van der Waals surface area contributed by atoms with E-state index in [4.69, 9.17) is 25.8 Å². The van der Waals surface area contributed by atoms with Crippen molar-refractivity contribution >= 4 is 29.2 Å². The van der Waals surface area contributed by atoms with Crippen LogP contribution in [-0.2, 0) is 9.53 Å². The fraction of sp³-hybridized carbons (Fsp3) is 0.222. The molecule has 0 spiro atoms. The number of esters is 1. The molecule has 0 aliphatic carbocycles. The Morgan fingerprint density at radius 3 is 2.44 bits per heavy atom. The van der Waals surface area contributed by atoms with Crippen molar-refractivity contribution in [3.8, 4) is 11.5 Å². The molecule has 1 N–H and O–H groups in total. The monoisotopic (exact) mass is 399 g/mol. The first kappa shape index (κ1) is 20.4. The normalized spacial score (nSPS) is 11.5. The predicted molar refractivity (Wildman–Crippen MR) is 94.4 cm³/mol. The van der Waals surface area contributed by atoms with Crippen LogP contribution in [0.1, 0.15) is 17.3 Å². The molecular formula is C18H16ClF2NO5. The molecule has 2 rings (SSSR count). The average molecular weight is 400 g/mol. The molecule has 1 atom stereocenters. The summed E-state index contributed by atoms with van der Waals surface area (Å²) in [5.41, 5.74) is -0.341. The predicted octanol–water partition coefficient (Wildman–Crippen LogP) is 3.82. The van der Waals surface area contributed by atoms with Crippen LogP contribution in [0.4, 0.5) is 14.5 Å². The van der Waals surface area contributed by atoms with Crippen LogP contribution >= 0.6 is 11.6 Å². The largest absolute Gasteiger partial charge is 0.493 e. The molecule has 2 aromatic rings. The van der Waals surface area contributed by atoms with Gasteiger partial charge in [-0.2, -0.15) is 0 Å². The Bertz CT molecular complexity index is 875. The van der Waals surface area contributed by atoms with E-state index in [1.807, 2.05) is 0 Å². The van der Waals surface area contributed by atoms with Crippen LogP contribution in [0.5, 0.6) is 11.5 Å². The molecule has 2 aromatic carbocycles. The molecule has 0 aromatic heterocycles. The molecule has 0 saturated heterocycles. The van der Waals surface area contributed by atoms with Crippen LogP contribution in [0.3, 0.4) is 0 Å². The van der Waals surface area contributed by atoms with Crippen LogP contribution in [-0.4, -0.2) is 32.2 Å². The van der Waals surface area contributed by atoms with Gasteiger partial charge in [-0.3, -0.25) is 4.79 Å². The summed E-state index contributed by atoms with van der Waals surface area (Å²) in [7, 11) is 2.76. The lowest BCUT2D eigenvalue weighted by molar-refractivity contribution is -0.123. The minimum absolute atomic E-state index is 0.0224. The summed E-state index contributed by atoms with van der Waals surface area (Å²) >= 11 is 6.03. The van der Waals surface area contributed by atoms with Crippen molar-refractivity contribution in [1.29, 1.82) is 0 Å². The third kappa shape index (κ3) is 4.85. The summed E-state index contributed by atoms with van der Waals surface area (Å²) in [6.45, 7) is 1.28. The Kier molecular flexibility index (Phi) is 6.57. The number of carbonyl (C=O) groups excluding carboxylic acids is 2. The minimum Gasteiger partial charge on any atom is -0.493 e. The summed E-state index contributed by atoms with van der Waals surface area (Å²) < 4.78 is 42.0. The van der Waals surface area contributed by atoms with E-state index in [0.29, 0.717) is 0 Å². The fourth-order valence-corrected chi connectivity index (χ4v) is 2.43. The Morgan fingerprint density at radius 1 is 1.11 bits per heavy atom. The molecule has 9 heteroatoms. The maximum Gasteiger partial charge on any atom is 0.339 e. The molecule has 0 fully saturated rings. The van der Waals surface area contributed by atoms with Gasteiger partial charge in [-0.15, -0.1) is 0 Å². The minimum atomic E-state index is -1.29. The van der Waals surface area contributed by atoms with Gasteiger partial charge in [0.2, 0.25) is 0 Å². The highest BCUT2D eigenvalue weighted by Gasteiger charge is 2.22. The highest BCUT2D eigenvalue weighted by Crippen LogP contribution is 2.36. The van der Waals surface area contributed by atoms with Gasteiger partial charge in [-0.1, -0.05) is 11.6 Å². The van der Waals surface area contributed by atoms with Gasteiger partial charge < -0.3 is 19.5 Å². The van der Waals surface area contributed by atoms with Crippen molar-refractivity contribution in [3.63, 3.8) is 0 Å². The first-order valence-electron chi connectivity index (χ1n) is 7.65. The first-order valence-corrected chi connectivity index (χ1v) is 8.03. The van der Waals surface area contributed by atoms with Gasteiger partial charge in [0.05, 0.1) is 30.5 Å². The number of carbonyl (C=O) groups is 2. The number of hydrogen-bond donors (Lipinski definition) is 1. The maximum absolute atomic E-state index is 13.6. The van der Waals surface area contributed by atoms with Gasteiger partial charge in [0.15, 0.2) is 17.6 Å². The number of halogens is 3. The third-order valence-electron chi connectivity index (χ3n) is 3.51. The third-order valence-corrected chi connectivity index (χ3v) is 3.79. The molecule has 6 nitrogen and oxygen atoms in total. The zero-order chi connectivity index (χ0) is 20.1. The first-order chi connectivity index (χ1) is 12.8. The van der Waals surface area contributed by atoms with E-state index in [2.05, 4.69) is 5.32 Å². The Labute approximate surface area is 159 Å². The maximum atomic E-state index is 13.6. The van der Waals surface area contributed by atoms with Crippen molar-refractivity contribution in [2.75, 3.05) is 19.5 Å². The summed E-state index contributed by atoms with van der Waals surface area (Å²) in [5, 5.41) is 2.27. The molecule has 27 heavy (non-hydrogen) atoms. The van der Waals surface area contributed by atoms with Crippen LogP contribution in [0.15, 0.2) is 30.3 Å². The van der Waals surface area contributed by atoms with Gasteiger partial charge in [0, 0.05) is 6.07 Å². The SMILES string of the molecule is COc1cc(C(=O)O[C@H](C)C(=O)Nc2cc(F)ccc2F)cc(Cl)c1OC. The highest BCUT2D eigenvalue weighted by molar-refractivity contribution is 6.32. The zero-order valence-electron chi connectivity index (χ0n) is 14.6. The lowest BCUT2D eigenvalue weighted by Gasteiger charge is -2.15. The lowest BCUT2D eigenvalue weighted by atomic mass is 10.2. The Balaban J connectivity index is 2.12. The van der Waals surface area contributed by atoms with Crippen LogP contribution in [0, 0.1) is 11.6 Å². The number of methoxy groups -OCH3 is 2. The summed E-state index contributed by atoms with van der Waals surface area (Å²) in [6, 6.07) is 5.23. The number of hydrogen-bond acceptors (Lipinski definition) is 5. The van der Waals surface area contributed by atoms with Gasteiger partial charge >= 0.3 is 5.97 Å². The van der Waals surface area contributed by atoms with Crippen molar-refractivity contribution in [3.05, 3.63) is 52.6 Å². The van der Waals surface area contributed by atoms with E-state index in [0.717, 1.165) is 18.2 Å². The smallest absolute Gasteiger partial charge is 0.339 e. The van der Waals surface area contributed by atoms with E-state index in [1.54, 1.807) is 0 Å². The second-order valence-electron chi connectivity index (χ2n) is 5.35. The highest BCUT2D eigenvalue weighted by atomic mass is 35.5.